The molecule has 10 heteroatoms. The summed E-state index contributed by atoms with van der Waals surface area (Å²) in [6, 6.07) is 0. The number of esters is 2. The SMILES string of the molecule is CC/C=C\C/C=C\C/C=C\C/C=C\C/C=C\C/C=C\C/C=C\C/C=C\C/C=C\CCCCCCCCCCCCCC(=O)OC(COC(=O)CCCCCCCCCCCCCCCCC/C=C\CCCCCCCCCC)COP(=O)(O)OCCN. The Kier molecular flexibility index (Phi) is 68.5. The number of phosphoric ester groups is 1. The molecule has 0 bridgehead atoms. The van der Waals surface area contributed by atoms with Gasteiger partial charge in [-0.15, -0.1) is 0 Å². The lowest BCUT2D eigenvalue weighted by Gasteiger charge is -2.19. The van der Waals surface area contributed by atoms with Gasteiger partial charge >= 0.3 is 19.8 Å². The third-order valence-electron chi connectivity index (χ3n) is 15.3. The van der Waals surface area contributed by atoms with Gasteiger partial charge < -0.3 is 20.1 Å². The summed E-state index contributed by atoms with van der Waals surface area (Å²) in [5.74, 6) is -0.825. The van der Waals surface area contributed by atoms with Crippen molar-refractivity contribution < 1.29 is 37.6 Å². The molecule has 9 nitrogen and oxygen atoms in total. The molecule has 0 aliphatic carbocycles. The summed E-state index contributed by atoms with van der Waals surface area (Å²) >= 11 is 0. The molecule has 2 unspecified atom stereocenters. The van der Waals surface area contributed by atoms with Gasteiger partial charge in [0.2, 0.25) is 0 Å². The highest BCUT2D eigenvalue weighted by molar-refractivity contribution is 7.47. The molecule has 0 aromatic carbocycles. The molecule has 0 radical (unpaired) electrons. The topological polar surface area (TPSA) is 134 Å². The molecule has 0 saturated carbocycles. The molecular weight excluding hydrogens is 1100 g/mol. The van der Waals surface area contributed by atoms with Gasteiger partial charge in [0.15, 0.2) is 6.10 Å². The van der Waals surface area contributed by atoms with Crippen LogP contribution in [0.1, 0.15) is 322 Å². The molecule has 0 heterocycles. The molecule has 0 aromatic heterocycles. The quantitative estimate of drug-likeness (QED) is 0.0264. The fourth-order valence-corrected chi connectivity index (χ4v) is 10.8. The molecule has 2 atom stereocenters. The number of unbranched alkanes of at least 4 members (excludes halogenated alkanes) is 34. The van der Waals surface area contributed by atoms with Crippen LogP contribution >= 0.6 is 7.82 Å². The van der Waals surface area contributed by atoms with Crippen LogP contribution in [-0.4, -0.2) is 49.3 Å². The van der Waals surface area contributed by atoms with Crippen molar-refractivity contribution in [3.63, 3.8) is 0 Å². The van der Waals surface area contributed by atoms with Gasteiger partial charge in [-0.3, -0.25) is 18.6 Å². The zero-order valence-corrected chi connectivity index (χ0v) is 57.1. The second kappa shape index (κ2) is 71.5. The first kappa shape index (κ1) is 83.4. The summed E-state index contributed by atoms with van der Waals surface area (Å²) in [5, 5.41) is 0. The zero-order valence-electron chi connectivity index (χ0n) is 56.2. The second-order valence-electron chi connectivity index (χ2n) is 23.7. The number of nitrogens with two attached hydrogens (primary N) is 1. The number of rotatable bonds is 67. The van der Waals surface area contributed by atoms with E-state index in [1.165, 1.54) is 186 Å². The number of carbonyl (C=O) groups excluding carboxylic acids is 2. The largest absolute Gasteiger partial charge is 0.472 e. The highest BCUT2D eigenvalue weighted by Crippen LogP contribution is 2.43. The number of carbonyl (C=O) groups is 2. The Morgan fingerprint density at radius 2 is 0.632 bits per heavy atom. The summed E-state index contributed by atoms with van der Waals surface area (Å²) in [6.45, 7) is 3.66. The molecule has 3 N–H and O–H groups in total. The average molecular weight is 1230 g/mol. The van der Waals surface area contributed by atoms with Gasteiger partial charge in [0.1, 0.15) is 6.61 Å². The molecule has 0 spiro atoms. The van der Waals surface area contributed by atoms with Gasteiger partial charge in [-0.05, 0) is 109 Å². The Balaban J connectivity index is 3.91. The summed E-state index contributed by atoms with van der Waals surface area (Å²) < 4.78 is 33.2. The van der Waals surface area contributed by atoms with Crippen molar-refractivity contribution in [2.24, 2.45) is 5.73 Å². The predicted molar refractivity (Wildman–Crippen MR) is 376 cm³/mol. The Hall–Kier alpha value is -3.59. The molecule has 0 rings (SSSR count). The van der Waals surface area contributed by atoms with Crippen LogP contribution in [0.4, 0.5) is 0 Å². The minimum Gasteiger partial charge on any atom is -0.462 e. The van der Waals surface area contributed by atoms with E-state index in [4.69, 9.17) is 24.3 Å². The lowest BCUT2D eigenvalue weighted by Crippen LogP contribution is -2.29. The molecule has 0 aliphatic heterocycles. The smallest absolute Gasteiger partial charge is 0.462 e. The first-order valence-electron chi connectivity index (χ1n) is 36.0. The maximum absolute atomic E-state index is 12.8. The third kappa shape index (κ3) is 71.4. The Bertz CT molecular complexity index is 1840. The normalized spacial score (nSPS) is 13.7. The molecule has 0 aromatic rings. The number of hydrogen-bond acceptors (Lipinski definition) is 8. The number of hydrogen-bond donors (Lipinski definition) is 2. The Labute approximate surface area is 536 Å². The molecule has 87 heavy (non-hydrogen) atoms. The van der Waals surface area contributed by atoms with Crippen LogP contribution < -0.4 is 5.73 Å². The Morgan fingerprint density at radius 3 is 0.954 bits per heavy atom. The summed E-state index contributed by atoms with van der Waals surface area (Å²) in [4.78, 5) is 35.4. The zero-order chi connectivity index (χ0) is 63.0. The predicted octanol–water partition coefficient (Wildman–Crippen LogP) is 23.9. The van der Waals surface area contributed by atoms with E-state index in [9.17, 15) is 19.0 Å². The minimum atomic E-state index is -4.40. The molecule has 0 amide bonds. The first-order valence-corrected chi connectivity index (χ1v) is 37.5. The number of ether oxygens (including phenoxy) is 2. The van der Waals surface area contributed by atoms with Gasteiger partial charge in [-0.2, -0.15) is 0 Å². The highest BCUT2D eigenvalue weighted by Gasteiger charge is 2.26. The van der Waals surface area contributed by atoms with Crippen molar-refractivity contribution in [1.29, 1.82) is 0 Å². The van der Waals surface area contributed by atoms with Crippen LogP contribution in [0.15, 0.2) is 122 Å². The molecular formula is C77H134NO8P. The maximum Gasteiger partial charge on any atom is 0.472 e. The van der Waals surface area contributed by atoms with E-state index in [1.54, 1.807) is 0 Å². The van der Waals surface area contributed by atoms with Gasteiger partial charge in [0.25, 0.3) is 0 Å². The van der Waals surface area contributed by atoms with Crippen molar-refractivity contribution in [3.8, 4) is 0 Å². The molecule has 0 saturated heterocycles. The van der Waals surface area contributed by atoms with Gasteiger partial charge in [0, 0.05) is 19.4 Å². The number of allylic oxidation sites excluding steroid dienone is 20. The van der Waals surface area contributed by atoms with Crippen molar-refractivity contribution in [1.82, 2.24) is 0 Å². The molecule has 0 fully saturated rings. The standard InChI is InChI=1S/C77H134NO8P/c1-3-5-7-9-11-13-15-17-19-21-23-25-27-29-31-32-33-34-35-36-37-38-39-40-41-42-44-46-48-50-52-54-56-58-60-62-64-66-68-70-77(80)86-75(74-85-87(81,82)84-72-71-78)73-83-76(79)69-67-65-63-61-59-57-55-53-51-49-47-45-43-30-28-26-24-22-20-18-16-14-12-10-8-6-4-2/h5,7,11,13,17,19,22-25,29,31,33-34,36-37,39-40,42,44,75H,3-4,6,8-10,12,14-16,18,20-21,26-28,30,32,35,38,41,43,45-74,78H2,1-2H3,(H,81,82)/b7-5-,13-11-,19-17-,24-22-,25-23-,31-29-,34-33-,37-36-,40-39-,44-42-. The minimum absolute atomic E-state index is 0.0494. The van der Waals surface area contributed by atoms with E-state index in [0.29, 0.717) is 6.42 Å². The van der Waals surface area contributed by atoms with E-state index >= 15 is 0 Å². The van der Waals surface area contributed by atoms with E-state index < -0.39 is 26.5 Å². The lowest BCUT2D eigenvalue weighted by atomic mass is 10.0. The van der Waals surface area contributed by atoms with E-state index in [1.807, 2.05) is 0 Å². The number of phosphoric acid groups is 1. The Morgan fingerprint density at radius 1 is 0.356 bits per heavy atom. The van der Waals surface area contributed by atoms with Crippen molar-refractivity contribution in [2.75, 3.05) is 26.4 Å². The summed E-state index contributed by atoms with van der Waals surface area (Å²) in [7, 11) is -4.40. The van der Waals surface area contributed by atoms with Gasteiger partial charge in [-0.25, -0.2) is 4.57 Å². The monoisotopic (exact) mass is 1230 g/mol. The highest BCUT2D eigenvalue weighted by atomic mass is 31.2. The van der Waals surface area contributed by atoms with Crippen LogP contribution in [0, 0.1) is 0 Å². The lowest BCUT2D eigenvalue weighted by molar-refractivity contribution is -0.161. The van der Waals surface area contributed by atoms with Crippen LogP contribution in [0.5, 0.6) is 0 Å². The van der Waals surface area contributed by atoms with Crippen molar-refractivity contribution >= 4 is 19.8 Å². The summed E-state index contributed by atoms with van der Waals surface area (Å²) in [6.07, 6.45) is 100. The molecule has 500 valence electrons. The van der Waals surface area contributed by atoms with E-state index in [2.05, 4.69) is 135 Å². The van der Waals surface area contributed by atoms with Gasteiger partial charge in [0.05, 0.1) is 13.2 Å². The van der Waals surface area contributed by atoms with Crippen LogP contribution in [0.25, 0.3) is 0 Å². The fraction of sp³-hybridized carbons (Fsp3) is 0.714. The van der Waals surface area contributed by atoms with Crippen molar-refractivity contribution in [3.05, 3.63) is 122 Å². The van der Waals surface area contributed by atoms with Crippen LogP contribution in [0.3, 0.4) is 0 Å². The third-order valence-corrected chi connectivity index (χ3v) is 16.3. The first-order chi connectivity index (χ1) is 42.8. The maximum atomic E-state index is 12.8. The van der Waals surface area contributed by atoms with Crippen molar-refractivity contribution in [2.45, 2.75) is 328 Å². The van der Waals surface area contributed by atoms with E-state index in [-0.39, 0.29) is 38.6 Å². The molecule has 0 aliphatic rings. The van der Waals surface area contributed by atoms with Crippen LogP contribution in [0.2, 0.25) is 0 Å². The average Bonchev–Trinajstić information content (AvgIpc) is 3.64. The summed E-state index contributed by atoms with van der Waals surface area (Å²) in [5.41, 5.74) is 5.40. The fourth-order valence-electron chi connectivity index (χ4n) is 10.0. The van der Waals surface area contributed by atoms with Gasteiger partial charge in [-0.1, -0.05) is 322 Å². The van der Waals surface area contributed by atoms with E-state index in [0.717, 1.165) is 103 Å². The van der Waals surface area contributed by atoms with Crippen LogP contribution in [-0.2, 0) is 32.7 Å². The second-order valence-corrected chi connectivity index (χ2v) is 25.2.